The molecule has 0 amide bonds. The van der Waals surface area contributed by atoms with Crippen LogP contribution in [0.4, 0.5) is 0 Å². The second-order valence-corrected chi connectivity index (χ2v) is 5.33. The molecule has 17 heavy (non-hydrogen) atoms. The van der Waals surface area contributed by atoms with Gasteiger partial charge in [-0.1, -0.05) is 25.8 Å². The Labute approximate surface area is 102 Å². The van der Waals surface area contributed by atoms with Gasteiger partial charge in [0.2, 0.25) is 0 Å². The van der Waals surface area contributed by atoms with E-state index in [0.29, 0.717) is 12.3 Å². The molecule has 0 radical (unpaired) electrons. The van der Waals surface area contributed by atoms with Gasteiger partial charge in [0.15, 0.2) is 0 Å². The van der Waals surface area contributed by atoms with Crippen molar-refractivity contribution in [3.63, 3.8) is 0 Å². The Morgan fingerprint density at radius 2 is 2.47 bits per heavy atom. The lowest BCUT2D eigenvalue weighted by Crippen LogP contribution is -2.37. The van der Waals surface area contributed by atoms with Gasteiger partial charge in [0, 0.05) is 12.4 Å². The van der Waals surface area contributed by atoms with Crippen molar-refractivity contribution in [3.8, 4) is 0 Å². The van der Waals surface area contributed by atoms with Crippen LogP contribution in [0.5, 0.6) is 0 Å². The van der Waals surface area contributed by atoms with Gasteiger partial charge in [-0.15, -0.1) is 0 Å². The summed E-state index contributed by atoms with van der Waals surface area (Å²) in [5.41, 5.74) is 0.463. The van der Waals surface area contributed by atoms with Gasteiger partial charge in [0.1, 0.15) is 0 Å². The number of rotatable bonds is 3. The summed E-state index contributed by atoms with van der Waals surface area (Å²) in [7, 11) is 0. The van der Waals surface area contributed by atoms with Gasteiger partial charge in [-0.05, 0) is 36.8 Å². The summed E-state index contributed by atoms with van der Waals surface area (Å²) < 4.78 is 0. The zero-order chi connectivity index (χ0) is 12.3. The van der Waals surface area contributed by atoms with Crippen LogP contribution in [-0.4, -0.2) is 16.1 Å². The Kier molecular flexibility index (Phi) is 3.46. The van der Waals surface area contributed by atoms with E-state index >= 15 is 0 Å². The number of carboxylic acid groups (broad SMARTS) is 1. The molecule has 2 atom stereocenters. The number of nitrogens with zero attached hydrogens (tertiary/aromatic N) is 1. The van der Waals surface area contributed by atoms with Gasteiger partial charge in [0.25, 0.3) is 0 Å². The van der Waals surface area contributed by atoms with Gasteiger partial charge < -0.3 is 5.11 Å². The lowest BCUT2D eigenvalue weighted by molar-refractivity contribution is -0.152. The fourth-order valence-corrected chi connectivity index (χ4v) is 2.98. The largest absolute Gasteiger partial charge is 0.481 e. The molecule has 0 bridgehead atoms. The van der Waals surface area contributed by atoms with Crippen LogP contribution in [0.2, 0.25) is 0 Å². The number of carbonyl (C=O) groups is 1. The molecular formula is C14H19NO2. The molecule has 0 spiro atoms. The number of aliphatic carboxylic acids is 1. The molecule has 0 aliphatic heterocycles. The van der Waals surface area contributed by atoms with E-state index in [4.69, 9.17) is 0 Å². The smallest absolute Gasteiger partial charge is 0.309 e. The first kappa shape index (κ1) is 12.1. The molecule has 1 aromatic heterocycles. The molecular weight excluding hydrogens is 214 g/mol. The zero-order valence-electron chi connectivity index (χ0n) is 10.2. The second kappa shape index (κ2) is 4.86. The van der Waals surface area contributed by atoms with E-state index in [-0.39, 0.29) is 0 Å². The molecule has 1 heterocycles. The highest BCUT2D eigenvalue weighted by atomic mass is 16.4. The first-order valence-corrected chi connectivity index (χ1v) is 6.25. The normalized spacial score (nSPS) is 28.9. The van der Waals surface area contributed by atoms with Crippen molar-refractivity contribution < 1.29 is 9.90 Å². The summed E-state index contributed by atoms with van der Waals surface area (Å²) in [4.78, 5) is 15.7. The maximum absolute atomic E-state index is 11.6. The Morgan fingerprint density at radius 1 is 1.65 bits per heavy atom. The summed E-state index contributed by atoms with van der Waals surface area (Å²) in [6.45, 7) is 2.15. The molecule has 2 rings (SSSR count). The van der Waals surface area contributed by atoms with E-state index in [9.17, 15) is 9.90 Å². The van der Waals surface area contributed by atoms with Crippen LogP contribution in [0.3, 0.4) is 0 Å². The predicted molar refractivity (Wildman–Crippen MR) is 65.6 cm³/mol. The molecule has 1 saturated carbocycles. The van der Waals surface area contributed by atoms with Gasteiger partial charge >= 0.3 is 5.97 Å². The van der Waals surface area contributed by atoms with Gasteiger partial charge in [-0.3, -0.25) is 9.78 Å². The Morgan fingerprint density at radius 3 is 3.06 bits per heavy atom. The quantitative estimate of drug-likeness (QED) is 0.873. The third-order valence-corrected chi connectivity index (χ3v) is 3.81. The van der Waals surface area contributed by atoms with Gasteiger partial charge in [-0.25, -0.2) is 0 Å². The van der Waals surface area contributed by atoms with Crippen molar-refractivity contribution in [2.75, 3.05) is 0 Å². The van der Waals surface area contributed by atoms with Crippen molar-refractivity contribution in [1.82, 2.24) is 4.98 Å². The molecule has 1 aromatic rings. The topological polar surface area (TPSA) is 50.2 Å². The lowest BCUT2D eigenvalue weighted by atomic mass is 9.67. The predicted octanol–water partition coefficient (Wildman–Crippen LogP) is 2.91. The standard InChI is InChI=1S/C14H19NO2/c1-11-4-2-6-14(8-11,13(16)17)9-12-5-3-7-15-10-12/h3,5,7,10-11H,2,4,6,8-9H2,1H3,(H,16,17). The summed E-state index contributed by atoms with van der Waals surface area (Å²) in [5, 5.41) is 9.55. The van der Waals surface area contributed by atoms with Crippen LogP contribution in [0.15, 0.2) is 24.5 Å². The van der Waals surface area contributed by atoms with E-state index in [2.05, 4.69) is 11.9 Å². The van der Waals surface area contributed by atoms with E-state index in [1.807, 2.05) is 12.1 Å². The number of hydrogen-bond acceptors (Lipinski definition) is 2. The molecule has 3 nitrogen and oxygen atoms in total. The van der Waals surface area contributed by atoms with Crippen molar-refractivity contribution in [2.45, 2.75) is 39.0 Å². The highest BCUT2D eigenvalue weighted by Gasteiger charge is 2.41. The SMILES string of the molecule is CC1CCCC(Cc2cccnc2)(C(=O)O)C1. The second-order valence-electron chi connectivity index (χ2n) is 5.33. The van der Waals surface area contributed by atoms with E-state index in [1.54, 1.807) is 12.4 Å². The molecule has 1 fully saturated rings. The van der Waals surface area contributed by atoms with Crippen LogP contribution in [0, 0.1) is 11.3 Å². The maximum Gasteiger partial charge on any atom is 0.309 e. The van der Waals surface area contributed by atoms with E-state index < -0.39 is 11.4 Å². The van der Waals surface area contributed by atoms with Crippen molar-refractivity contribution >= 4 is 5.97 Å². The van der Waals surface area contributed by atoms with Crippen LogP contribution in [0.25, 0.3) is 0 Å². The number of hydrogen-bond donors (Lipinski definition) is 1. The number of aromatic nitrogens is 1. The van der Waals surface area contributed by atoms with Crippen molar-refractivity contribution in [3.05, 3.63) is 30.1 Å². The average Bonchev–Trinajstić information content (AvgIpc) is 2.30. The first-order valence-electron chi connectivity index (χ1n) is 6.25. The van der Waals surface area contributed by atoms with Crippen molar-refractivity contribution in [1.29, 1.82) is 0 Å². The fourth-order valence-electron chi connectivity index (χ4n) is 2.98. The van der Waals surface area contributed by atoms with Gasteiger partial charge in [0.05, 0.1) is 5.41 Å². The van der Waals surface area contributed by atoms with Crippen LogP contribution >= 0.6 is 0 Å². The number of carboxylic acids is 1. The zero-order valence-corrected chi connectivity index (χ0v) is 10.2. The molecule has 1 aliphatic rings. The minimum Gasteiger partial charge on any atom is -0.481 e. The fraction of sp³-hybridized carbons (Fsp3) is 0.571. The average molecular weight is 233 g/mol. The minimum atomic E-state index is -0.645. The van der Waals surface area contributed by atoms with Crippen LogP contribution < -0.4 is 0 Å². The molecule has 0 saturated heterocycles. The first-order chi connectivity index (χ1) is 8.12. The van der Waals surface area contributed by atoms with Crippen molar-refractivity contribution in [2.24, 2.45) is 11.3 Å². The Bertz CT molecular complexity index is 390. The van der Waals surface area contributed by atoms with Crippen LogP contribution in [-0.2, 0) is 11.2 Å². The van der Waals surface area contributed by atoms with Gasteiger partial charge in [-0.2, -0.15) is 0 Å². The number of pyridine rings is 1. The molecule has 3 heteroatoms. The summed E-state index contributed by atoms with van der Waals surface area (Å²) in [6, 6.07) is 3.84. The van der Waals surface area contributed by atoms with E-state index in [0.717, 1.165) is 31.2 Å². The Hall–Kier alpha value is -1.38. The maximum atomic E-state index is 11.6. The Balaban J connectivity index is 2.20. The highest BCUT2D eigenvalue weighted by Crippen LogP contribution is 2.42. The molecule has 2 unspecified atom stereocenters. The lowest BCUT2D eigenvalue weighted by Gasteiger charge is -2.36. The molecule has 1 aliphatic carbocycles. The summed E-state index contributed by atoms with van der Waals surface area (Å²) in [5.74, 6) is -0.135. The molecule has 92 valence electrons. The monoisotopic (exact) mass is 233 g/mol. The van der Waals surface area contributed by atoms with E-state index in [1.165, 1.54) is 0 Å². The third kappa shape index (κ3) is 2.65. The molecule has 1 N–H and O–H groups in total. The highest BCUT2D eigenvalue weighted by molar-refractivity contribution is 5.75. The minimum absolute atomic E-state index is 0.511. The third-order valence-electron chi connectivity index (χ3n) is 3.81. The molecule has 0 aromatic carbocycles. The summed E-state index contributed by atoms with van der Waals surface area (Å²) in [6.07, 6.45) is 7.87. The summed E-state index contributed by atoms with van der Waals surface area (Å²) >= 11 is 0. The van der Waals surface area contributed by atoms with Crippen LogP contribution in [0.1, 0.15) is 38.2 Å².